The maximum Gasteiger partial charge on any atom is 0.240 e. The van der Waals surface area contributed by atoms with Gasteiger partial charge in [-0.05, 0) is 43.2 Å². The molecule has 0 saturated carbocycles. The second kappa shape index (κ2) is 7.79. The first-order valence-electron chi connectivity index (χ1n) is 8.51. The van der Waals surface area contributed by atoms with Gasteiger partial charge in [0.1, 0.15) is 5.82 Å². The van der Waals surface area contributed by atoms with Crippen molar-refractivity contribution in [1.82, 2.24) is 24.5 Å². The molecule has 9 heteroatoms. The number of sulfonamides is 1. The Bertz CT molecular complexity index is 999. The monoisotopic (exact) mass is 374 g/mol. The third-order valence-electron chi connectivity index (χ3n) is 3.82. The van der Waals surface area contributed by atoms with Gasteiger partial charge in [-0.2, -0.15) is 4.52 Å². The molecule has 0 fully saturated rings. The summed E-state index contributed by atoms with van der Waals surface area (Å²) in [7, 11) is -3.55. The number of rotatable bonds is 8. The average Bonchev–Trinajstić information content (AvgIpc) is 3.02. The van der Waals surface area contributed by atoms with Crippen LogP contribution in [-0.4, -0.2) is 41.3 Å². The lowest BCUT2D eigenvalue weighted by Crippen LogP contribution is -2.26. The zero-order valence-electron chi connectivity index (χ0n) is 14.8. The van der Waals surface area contributed by atoms with E-state index in [0.29, 0.717) is 17.9 Å². The van der Waals surface area contributed by atoms with Crippen LogP contribution in [0.25, 0.3) is 5.65 Å². The lowest BCUT2D eigenvalue weighted by atomic mass is 10.2. The lowest BCUT2D eigenvalue weighted by Gasteiger charge is -2.07. The van der Waals surface area contributed by atoms with Crippen molar-refractivity contribution in [3.63, 3.8) is 0 Å². The van der Waals surface area contributed by atoms with Crippen molar-refractivity contribution < 1.29 is 8.42 Å². The Hall–Kier alpha value is -2.52. The number of aryl methyl sites for hydroxylation is 1. The molecule has 138 valence electrons. The van der Waals surface area contributed by atoms with Crippen molar-refractivity contribution in [3.8, 4) is 0 Å². The number of anilines is 1. The molecule has 1 aromatic carbocycles. The molecule has 8 nitrogen and oxygen atoms in total. The van der Waals surface area contributed by atoms with Crippen LogP contribution < -0.4 is 10.0 Å². The number of nitrogens with one attached hydrogen (secondary N) is 2. The standard InChI is InChI=1S/C17H22N6O2S/c1-3-10-18-15-7-8-16-20-21-17(23(16)22-15)9-11-19-26(24,25)14-6-4-5-13(2)12-14/h4-8,12,19H,3,9-11H2,1-2H3,(H,18,22). The summed E-state index contributed by atoms with van der Waals surface area (Å²) in [5.74, 6) is 1.34. The SMILES string of the molecule is CCCNc1ccc2nnc(CCNS(=O)(=O)c3cccc(C)c3)n2n1. The molecule has 0 aliphatic carbocycles. The fraction of sp³-hybridized carbons (Fsp3) is 0.353. The van der Waals surface area contributed by atoms with Crippen molar-refractivity contribution in [2.75, 3.05) is 18.4 Å². The number of hydrogen-bond donors (Lipinski definition) is 2. The second-order valence-corrected chi connectivity index (χ2v) is 7.76. The van der Waals surface area contributed by atoms with Gasteiger partial charge in [0.2, 0.25) is 10.0 Å². The van der Waals surface area contributed by atoms with E-state index < -0.39 is 10.0 Å². The van der Waals surface area contributed by atoms with E-state index in [-0.39, 0.29) is 11.4 Å². The molecule has 0 bridgehead atoms. The summed E-state index contributed by atoms with van der Waals surface area (Å²) in [6, 6.07) is 10.5. The van der Waals surface area contributed by atoms with Crippen molar-refractivity contribution >= 4 is 21.5 Å². The predicted molar refractivity (Wildman–Crippen MR) is 99.6 cm³/mol. The molecule has 0 saturated heterocycles. The number of hydrogen-bond acceptors (Lipinski definition) is 6. The second-order valence-electron chi connectivity index (χ2n) is 6.00. The number of nitrogens with zero attached hydrogens (tertiary/aromatic N) is 4. The first kappa shape index (κ1) is 18.3. The number of fused-ring (bicyclic) bond motifs is 1. The van der Waals surface area contributed by atoms with Crippen molar-refractivity contribution in [3.05, 3.63) is 47.8 Å². The molecule has 0 aliphatic rings. The van der Waals surface area contributed by atoms with Gasteiger partial charge in [-0.1, -0.05) is 19.1 Å². The molecular formula is C17H22N6O2S. The largest absolute Gasteiger partial charge is 0.369 e. The molecule has 0 unspecified atom stereocenters. The average molecular weight is 374 g/mol. The van der Waals surface area contributed by atoms with Crippen molar-refractivity contribution in [2.24, 2.45) is 0 Å². The van der Waals surface area contributed by atoms with E-state index in [4.69, 9.17) is 0 Å². The van der Waals surface area contributed by atoms with Crippen LogP contribution in [0.1, 0.15) is 24.7 Å². The molecule has 2 N–H and O–H groups in total. The summed E-state index contributed by atoms with van der Waals surface area (Å²) in [4.78, 5) is 0.257. The van der Waals surface area contributed by atoms with E-state index in [1.54, 1.807) is 22.7 Å². The summed E-state index contributed by atoms with van der Waals surface area (Å²) in [5, 5.41) is 15.9. The quantitative estimate of drug-likeness (QED) is 0.623. The summed E-state index contributed by atoms with van der Waals surface area (Å²) < 4.78 is 29.0. The Balaban J connectivity index is 1.69. The maximum absolute atomic E-state index is 12.4. The van der Waals surface area contributed by atoms with Crippen LogP contribution in [0.4, 0.5) is 5.82 Å². The molecule has 0 amide bonds. The van der Waals surface area contributed by atoms with E-state index in [0.717, 1.165) is 24.3 Å². The molecule has 3 aromatic rings. The van der Waals surface area contributed by atoms with Gasteiger partial charge >= 0.3 is 0 Å². The molecule has 0 aliphatic heterocycles. The van der Waals surface area contributed by atoms with E-state index in [2.05, 4.69) is 32.3 Å². The van der Waals surface area contributed by atoms with Crippen LogP contribution in [0.2, 0.25) is 0 Å². The van der Waals surface area contributed by atoms with E-state index in [1.807, 2.05) is 25.1 Å². The van der Waals surface area contributed by atoms with Gasteiger partial charge in [-0.15, -0.1) is 15.3 Å². The van der Waals surface area contributed by atoms with E-state index in [1.165, 1.54) is 0 Å². The van der Waals surface area contributed by atoms with Crippen LogP contribution in [0.15, 0.2) is 41.3 Å². The minimum atomic E-state index is -3.55. The molecule has 2 aromatic heterocycles. The third kappa shape index (κ3) is 4.17. The van der Waals surface area contributed by atoms with Gasteiger partial charge in [0.25, 0.3) is 0 Å². The van der Waals surface area contributed by atoms with Crippen LogP contribution in [0.3, 0.4) is 0 Å². The fourth-order valence-electron chi connectivity index (χ4n) is 2.50. The van der Waals surface area contributed by atoms with Crippen LogP contribution in [0.5, 0.6) is 0 Å². The topological polar surface area (TPSA) is 101 Å². The smallest absolute Gasteiger partial charge is 0.240 e. The van der Waals surface area contributed by atoms with E-state index >= 15 is 0 Å². The Kier molecular flexibility index (Phi) is 5.48. The summed E-state index contributed by atoms with van der Waals surface area (Å²) in [6.45, 7) is 4.98. The highest BCUT2D eigenvalue weighted by Gasteiger charge is 2.14. The summed E-state index contributed by atoms with van der Waals surface area (Å²) >= 11 is 0. The third-order valence-corrected chi connectivity index (χ3v) is 5.28. The Morgan fingerprint density at radius 3 is 2.73 bits per heavy atom. The Morgan fingerprint density at radius 1 is 1.12 bits per heavy atom. The van der Waals surface area contributed by atoms with Crippen LogP contribution in [-0.2, 0) is 16.4 Å². The maximum atomic E-state index is 12.4. The van der Waals surface area contributed by atoms with Gasteiger partial charge in [-0.3, -0.25) is 0 Å². The minimum Gasteiger partial charge on any atom is -0.369 e. The molecule has 0 atom stereocenters. The van der Waals surface area contributed by atoms with E-state index in [9.17, 15) is 8.42 Å². The normalized spacial score (nSPS) is 11.8. The summed E-state index contributed by atoms with van der Waals surface area (Å²) in [5.41, 5.74) is 1.52. The molecule has 26 heavy (non-hydrogen) atoms. The summed E-state index contributed by atoms with van der Waals surface area (Å²) in [6.07, 6.45) is 1.38. The number of aromatic nitrogens is 4. The highest BCUT2D eigenvalue weighted by atomic mass is 32.2. The Morgan fingerprint density at radius 2 is 1.96 bits per heavy atom. The van der Waals surface area contributed by atoms with Gasteiger partial charge in [0, 0.05) is 19.5 Å². The van der Waals surface area contributed by atoms with Gasteiger partial charge in [0.05, 0.1) is 4.90 Å². The van der Waals surface area contributed by atoms with Crippen LogP contribution in [0, 0.1) is 6.92 Å². The minimum absolute atomic E-state index is 0.214. The zero-order chi connectivity index (χ0) is 18.6. The highest BCUT2D eigenvalue weighted by molar-refractivity contribution is 7.89. The zero-order valence-corrected chi connectivity index (χ0v) is 15.6. The van der Waals surface area contributed by atoms with Crippen LogP contribution >= 0.6 is 0 Å². The van der Waals surface area contributed by atoms with Gasteiger partial charge in [-0.25, -0.2) is 13.1 Å². The highest BCUT2D eigenvalue weighted by Crippen LogP contribution is 2.11. The fourth-order valence-corrected chi connectivity index (χ4v) is 3.64. The molecular weight excluding hydrogens is 352 g/mol. The molecule has 0 spiro atoms. The first-order chi connectivity index (χ1) is 12.5. The van der Waals surface area contributed by atoms with Crippen molar-refractivity contribution in [2.45, 2.75) is 31.6 Å². The molecule has 3 rings (SSSR count). The predicted octanol–water partition coefficient (Wildman–Crippen LogP) is 1.78. The lowest BCUT2D eigenvalue weighted by molar-refractivity contribution is 0.580. The van der Waals surface area contributed by atoms with Gasteiger partial charge < -0.3 is 5.32 Å². The van der Waals surface area contributed by atoms with Gasteiger partial charge in [0.15, 0.2) is 11.5 Å². The molecule has 2 heterocycles. The number of benzene rings is 1. The Labute approximate surface area is 152 Å². The first-order valence-corrected chi connectivity index (χ1v) is 9.99. The molecule has 0 radical (unpaired) electrons. The van der Waals surface area contributed by atoms with Crippen molar-refractivity contribution in [1.29, 1.82) is 0 Å².